The third kappa shape index (κ3) is 3.77. The van der Waals surface area contributed by atoms with Crippen LogP contribution >= 0.6 is 22.6 Å². The molecule has 4 aliphatic carbocycles. The average molecular weight is 506 g/mol. The fourth-order valence-electron chi connectivity index (χ4n) is 5.80. The fourth-order valence-corrected chi connectivity index (χ4v) is 6.16. The van der Waals surface area contributed by atoms with Crippen molar-refractivity contribution in [1.82, 2.24) is 0 Å². The zero-order chi connectivity index (χ0) is 20.2. The molecule has 1 aromatic carbocycles. The highest BCUT2D eigenvalue weighted by atomic mass is 127. The Balaban J connectivity index is 1.51. The summed E-state index contributed by atoms with van der Waals surface area (Å²) in [5, 5.41) is 8.62. The number of aliphatic carboxylic acids is 1. The Bertz CT molecular complexity index is 780. The first-order valence-corrected chi connectivity index (χ1v) is 10.4. The van der Waals surface area contributed by atoms with E-state index >= 15 is 0 Å². The number of carbonyl (C=O) groups excluding carboxylic acids is 1. The second-order valence-electron chi connectivity index (χ2n) is 8.65. The molecule has 5 rings (SSSR count). The van der Waals surface area contributed by atoms with Crippen molar-refractivity contribution in [3.8, 4) is 0 Å². The number of carboxylic acids is 1. The van der Waals surface area contributed by atoms with Gasteiger partial charge in [0.1, 0.15) is 5.60 Å². The number of esters is 1. The molecule has 1 aromatic rings. The van der Waals surface area contributed by atoms with Gasteiger partial charge in [-0.1, -0.05) is 0 Å². The minimum absolute atomic E-state index is 0.285. The van der Waals surface area contributed by atoms with E-state index < -0.39 is 29.1 Å². The summed E-state index contributed by atoms with van der Waals surface area (Å²) in [6.07, 6.45) is 0.129. The number of benzene rings is 1. The predicted octanol–water partition coefficient (Wildman–Crippen LogP) is 4.48. The van der Waals surface area contributed by atoms with Gasteiger partial charge in [0.15, 0.2) is 0 Å². The Morgan fingerprint density at radius 1 is 1.14 bits per heavy atom. The van der Waals surface area contributed by atoms with Crippen LogP contribution in [0, 0.1) is 20.8 Å². The molecular weight excluding hydrogens is 485 g/mol. The van der Waals surface area contributed by atoms with E-state index in [2.05, 4.69) is 27.3 Å². The van der Waals surface area contributed by atoms with Crippen LogP contribution in [-0.2, 0) is 14.3 Å². The number of halogens is 3. The van der Waals surface area contributed by atoms with E-state index in [0.29, 0.717) is 24.8 Å². The van der Waals surface area contributed by atoms with Gasteiger partial charge in [-0.25, -0.2) is 9.59 Å². The van der Waals surface area contributed by atoms with E-state index in [0.717, 1.165) is 22.8 Å². The standard InChI is InChI=1S/C20H21F2IO5/c21-20(22,17(25)26)27-11-18-6-12-5-13(7-18)9-19(8-12,10-18)28-16(24)14-1-3-15(23)4-2-14/h1-4,12-13H,5-11H2,(H,25,26). The van der Waals surface area contributed by atoms with Gasteiger partial charge < -0.3 is 14.6 Å². The summed E-state index contributed by atoms with van der Waals surface area (Å²) in [6.45, 7) is -0.331. The van der Waals surface area contributed by atoms with Crippen molar-refractivity contribution in [2.75, 3.05) is 6.61 Å². The predicted molar refractivity (Wildman–Crippen MR) is 103 cm³/mol. The Labute approximate surface area is 174 Å². The van der Waals surface area contributed by atoms with Crippen LogP contribution in [0.15, 0.2) is 24.3 Å². The lowest BCUT2D eigenvalue weighted by molar-refractivity contribution is -0.270. The Morgan fingerprint density at radius 2 is 1.75 bits per heavy atom. The van der Waals surface area contributed by atoms with Crippen molar-refractivity contribution in [3.05, 3.63) is 33.4 Å². The molecule has 2 atom stereocenters. The van der Waals surface area contributed by atoms with Gasteiger partial charge in [0.25, 0.3) is 0 Å². The van der Waals surface area contributed by atoms with Crippen LogP contribution in [0.2, 0.25) is 0 Å². The lowest BCUT2D eigenvalue weighted by Gasteiger charge is -2.61. The highest BCUT2D eigenvalue weighted by molar-refractivity contribution is 14.1. The summed E-state index contributed by atoms with van der Waals surface area (Å²) < 4.78 is 38.5. The van der Waals surface area contributed by atoms with Crippen molar-refractivity contribution in [3.63, 3.8) is 0 Å². The van der Waals surface area contributed by atoms with E-state index in [-0.39, 0.29) is 18.4 Å². The van der Waals surface area contributed by atoms with E-state index in [9.17, 15) is 18.4 Å². The monoisotopic (exact) mass is 506 g/mol. The van der Waals surface area contributed by atoms with Crippen LogP contribution in [0.4, 0.5) is 8.78 Å². The van der Waals surface area contributed by atoms with Gasteiger partial charge in [-0.2, -0.15) is 8.78 Å². The minimum Gasteiger partial charge on any atom is -0.475 e. The van der Waals surface area contributed by atoms with Crippen LogP contribution < -0.4 is 0 Å². The van der Waals surface area contributed by atoms with E-state index in [4.69, 9.17) is 9.84 Å². The van der Waals surface area contributed by atoms with Crippen molar-refractivity contribution < 1.29 is 33.0 Å². The van der Waals surface area contributed by atoms with Gasteiger partial charge in [0.05, 0.1) is 12.2 Å². The van der Waals surface area contributed by atoms with Crippen LogP contribution in [-0.4, -0.2) is 35.4 Å². The Morgan fingerprint density at radius 3 is 2.32 bits per heavy atom. The van der Waals surface area contributed by atoms with Crippen molar-refractivity contribution in [2.24, 2.45) is 17.3 Å². The average Bonchev–Trinajstić information content (AvgIpc) is 2.59. The molecule has 8 heteroatoms. The number of hydrogen-bond acceptors (Lipinski definition) is 4. The number of ether oxygens (including phenoxy) is 2. The maximum absolute atomic E-state index is 13.5. The van der Waals surface area contributed by atoms with E-state index in [1.807, 2.05) is 12.1 Å². The first kappa shape index (κ1) is 20.0. The molecule has 4 aliphatic rings. The van der Waals surface area contributed by atoms with Gasteiger partial charge >= 0.3 is 18.0 Å². The number of hydrogen-bond donors (Lipinski definition) is 1. The molecule has 0 radical (unpaired) electrons. The smallest absolute Gasteiger partial charge is 0.455 e. The van der Waals surface area contributed by atoms with Gasteiger partial charge in [0, 0.05) is 3.57 Å². The molecule has 0 heterocycles. The second-order valence-corrected chi connectivity index (χ2v) is 9.90. The number of carboxylic acid groups (broad SMARTS) is 1. The molecule has 4 fully saturated rings. The first-order valence-electron chi connectivity index (χ1n) is 9.35. The second kappa shape index (κ2) is 6.90. The summed E-state index contributed by atoms with van der Waals surface area (Å²) in [6, 6.07) is 7.11. The van der Waals surface area contributed by atoms with E-state index in [1.165, 1.54) is 0 Å². The molecule has 2 unspecified atom stereocenters. The molecule has 4 bridgehead atoms. The number of carbonyl (C=O) groups is 2. The maximum atomic E-state index is 13.5. The zero-order valence-corrected chi connectivity index (χ0v) is 17.3. The lowest BCUT2D eigenvalue weighted by Crippen LogP contribution is -2.59. The normalized spacial score (nSPS) is 33.7. The third-order valence-corrected chi connectivity index (χ3v) is 7.05. The molecule has 1 N–H and O–H groups in total. The summed E-state index contributed by atoms with van der Waals surface area (Å²) in [4.78, 5) is 23.4. The third-order valence-electron chi connectivity index (χ3n) is 6.33. The van der Waals surface area contributed by atoms with Crippen LogP contribution in [0.1, 0.15) is 48.9 Å². The molecule has 0 aliphatic heterocycles. The summed E-state index contributed by atoms with van der Waals surface area (Å²) in [5.74, 6) is -2.11. The molecule has 28 heavy (non-hydrogen) atoms. The van der Waals surface area contributed by atoms with Gasteiger partial charge in [-0.05, 0) is 103 Å². The molecule has 5 nitrogen and oxygen atoms in total. The van der Waals surface area contributed by atoms with Gasteiger partial charge in [-0.3, -0.25) is 0 Å². The lowest BCUT2D eigenvalue weighted by atomic mass is 9.48. The van der Waals surface area contributed by atoms with Gasteiger partial charge in [0.2, 0.25) is 0 Å². The van der Waals surface area contributed by atoms with Crippen LogP contribution in [0.25, 0.3) is 0 Å². The maximum Gasteiger partial charge on any atom is 0.455 e. The number of rotatable bonds is 6. The minimum atomic E-state index is -4.20. The molecule has 0 spiro atoms. The highest BCUT2D eigenvalue weighted by Crippen LogP contribution is 2.63. The molecule has 152 valence electrons. The summed E-state index contributed by atoms with van der Waals surface area (Å²) in [5.41, 5.74) is -0.764. The summed E-state index contributed by atoms with van der Waals surface area (Å²) >= 11 is 2.16. The fraction of sp³-hybridized carbons (Fsp3) is 0.600. The Kier molecular flexibility index (Phi) is 4.93. The van der Waals surface area contributed by atoms with Crippen molar-refractivity contribution in [2.45, 2.75) is 50.2 Å². The molecule has 4 saturated carbocycles. The van der Waals surface area contributed by atoms with Gasteiger partial charge in [-0.15, -0.1) is 0 Å². The molecular formula is C20H21F2IO5. The van der Waals surface area contributed by atoms with Crippen LogP contribution in [0.5, 0.6) is 0 Å². The van der Waals surface area contributed by atoms with Crippen molar-refractivity contribution >= 4 is 34.5 Å². The molecule has 0 saturated heterocycles. The zero-order valence-electron chi connectivity index (χ0n) is 15.1. The summed E-state index contributed by atoms with van der Waals surface area (Å²) in [7, 11) is 0. The topological polar surface area (TPSA) is 72.8 Å². The van der Waals surface area contributed by atoms with E-state index in [1.54, 1.807) is 12.1 Å². The largest absolute Gasteiger partial charge is 0.475 e. The quantitative estimate of drug-likeness (QED) is 0.455. The van der Waals surface area contributed by atoms with Crippen molar-refractivity contribution in [1.29, 1.82) is 0 Å². The van der Waals surface area contributed by atoms with Crippen LogP contribution in [0.3, 0.4) is 0 Å². The Hall–Kier alpha value is -1.29. The SMILES string of the molecule is O=C(OC12CC3CC(CC(COC(F)(F)C(=O)O)(C3)C1)C2)c1ccc(I)cc1. The molecule has 0 amide bonds. The molecule has 0 aromatic heterocycles. The first-order chi connectivity index (χ1) is 13.1. The number of alkyl halides is 2. The highest BCUT2D eigenvalue weighted by Gasteiger charge is 2.60.